The summed E-state index contributed by atoms with van der Waals surface area (Å²) in [6.45, 7) is 3.60. The van der Waals surface area contributed by atoms with Crippen molar-refractivity contribution >= 4 is 17.7 Å². The van der Waals surface area contributed by atoms with Crippen LogP contribution < -0.4 is 10.6 Å². The fourth-order valence-electron chi connectivity index (χ4n) is 2.83. The van der Waals surface area contributed by atoms with Crippen LogP contribution in [0.15, 0.2) is 73.1 Å². The molecule has 0 aliphatic heterocycles. The zero-order chi connectivity index (χ0) is 21.5. The lowest BCUT2D eigenvalue weighted by Crippen LogP contribution is -2.28. The van der Waals surface area contributed by atoms with Crippen molar-refractivity contribution in [1.29, 1.82) is 0 Å². The first kappa shape index (κ1) is 20.9. The summed E-state index contributed by atoms with van der Waals surface area (Å²) in [6.07, 6.45) is 2.32. The van der Waals surface area contributed by atoms with Gasteiger partial charge in [-0.2, -0.15) is 0 Å². The second-order valence-corrected chi connectivity index (χ2v) is 6.79. The van der Waals surface area contributed by atoms with Crippen molar-refractivity contribution in [3.8, 4) is 5.75 Å². The van der Waals surface area contributed by atoms with E-state index in [2.05, 4.69) is 15.6 Å². The van der Waals surface area contributed by atoms with Crippen LogP contribution in [0.4, 0.5) is 10.5 Å². The summed E-state index contributed by atoms with van der Waals surface area (Å²) < 4.78 is 5.44. The van der Waals surface area contributed by atoms with Gasteiger partial charge in [-0.05, 0) is 55.3 Å². The first-order chi connectivity index (χ1) is 14.4. The highest BCUT2D eigenvalue weighted by atomic mass is 16.6. The maximum atomic E-state index is 12.4. The van der Waals surface area contributed by atoms with Gasteiger partial charge in [0, 0.05) is 18.0 Å². The molecule has 1 aromatic heterocycles. The summed E-state index contributed by atoms with van der Waals surface area (Å²) >= 11 is 0. The number of amides is 2. The minimum Gasteiger partial charge on any atom is -0.506 e. The summed E-state index contributed by atoms with van der Waals surface area (Å²) in [5.41, 5.74) is 2.38. The molecule has 0 saturated heterocycles. The summed E-state index contributed by atoms with van der Waals surface area (Å²) in [7, 11) is 0. The lowest BCUT2D eigenvalue weighted by molar-refractivity contribution is 0.101. The Morgan fingerprint density at radius 1 is 0.967 bits per heavy atom. The van der Waals surface area contributed by atoms with Crippen LogP contribution >= 0.6 is 0 Å². The lowest BCUT2D eigenvalue weighted by atomic mass is 10.1. The van der Waals surface area contributed by atoms with Crippen molar-refractivity contribution in [2.45, 2.75) is 26.0 Å². The highest BCUT2D eigenvalue weighted by Gasteiger charge is 2.16. The van der Waals surface area contributed by atoms with E-state index in [-0.39, 0.29) is 17.7 Å². The predicted octanol–water partition coefficient (Wildman–Crippen LogP) is 4.59. The van der Waals surface area contributed by atoms with Gasteiger partial charge in [0.25, 0.3) is 5.91 Å². The number of aromatic nitrogens is 1. The van der Waals surface area contributed by atoms with Gasteiger partial charge in [0.15, 0.2) is 0 Å². The maximum Gasteiger partial charge on any atom is 0.408 e. The minimum absolute atomic E-state index is 0.00369. The third kappa shape index (κ3) is 5.35. The average molecular weight is 405 g/mol. The van der Waals surface area contributed by atoms with Gasteiger partial charge in [-0.1, -0.05) is 30.3 Å². The van der Waals surface area contributed by atoms with Crippen molar-refractivity contribution in [3.05, 3.63) is 89.7 Å². The molecule has 30 heavy (non-hydrogen) atoms. The van der Waals surface area contributed by atoms with E-state index in [4.69, 9.17) is 4.74 Å². The smallest absolute Gasteiger partial charge is 0.408 e. The second kappa shape index (κ2) is 9.56. The Bertz CT molecular complexity index is 1010. The topological polar surface area (TPSA) is 101 Å². The number of hydrogen-bond donors (Lipinski definition) is 3. The molecule has 0 aliphatic carbocycles. The summed E-state index contributed by atoms with van der Waals surface area (Å²) in [6, 6.07) is 16.7. The monoisotopic (exact) mass is 405 g/mol. The number of benzene rings is 2. The molecule has 0 bridgehead atoms. The van der Waals surface area contributed by atoms with Gasteiger partial charge in [-0.25, -0.2) is 4.79 Å². The average Bonchev–Trinajstić information content (AvgIpc) is 2.76. The number of alkyl carbamates (subject to hydrolysis) is 1. The molecule has 2 aromatic carbocycles. The Labute approximate surface area is 174 Å². The molecule has 154 valence electrons. The van der Waals surface area contributed by atoms with Crippen molar-refractivity contribution in [1.82, 2.24) is 10.3 Å². The third-order valence-electron chi connectivity index (χ3n) is 4.60. The van der Waals surface area contributed by atoms with E-state index in [9.17, 15) is 14.7 Å². The second-order valence-electron chi connectivity index (χ2n) is 6.79. The quantitative estimate of drug-likeness (QED) is 0.521. The van der Waals surface area contributed by atoms with Crippen molar-refractivity contribution in [2.75, 3.05) is 5.32 Å². The van der Waals surface area contributed by atoms with Crippen LogP contribution in [0.1, 0.15) is 47.5 Å². The molecule has 0 spiro atoms. The number of carbonyl (C=O) groups excluding carboxylic acids is 2. The standard InChI is InChI=1S/C23H23N3O4/c1-15(19-6-5-13-24-14-19)25-23(29)30-16(2)17-9-11-18(12-10-17)22(28)26-20-7-3-4-8-21(20)27/h3-16,27H,1-2H3,(H,25,29)(H,26,28)/t15-,16-/m0/s1. The van der Waals surface area contributed by atoms with Crippen LogP contribution in [0.2, 0.25) is 0 Å². The number of para-hydroxylation sites is 2. The van der Waals surface area contributed by atoms with Gasteiger partial charge < -0.3 is 20.5 Å². The van der Waals surface area contributed by atoms with Crippen LogP contribution in [0, 0.1) is 0 Å². The van der Waals surface area contributed by atoms with Crippen LogP contribution in [-0.4, -0.2) is 22.1 Å². The van der Waals surface area contributed by atoms with Crippen molar-refractivity contribution < 1.29 is 19.4 Å². The Kier molecular flexibility index (Phi) is 6.64. The third-order valence-corrected chi connectivity index (χ3v) is 4.60. The summed E-state index contributed by atoms with van der Waals surface area (Å²) in [5.74, 6) is -0.351. The number of phenolic OH excluding ortho intramolecular Hbond substituents is 1. The molecule has 0 unspecified atom stereocenters. The van der Waals surface area contributed by atoms with Crippen LogP contribution in [0.3, 0.4) is 0 Å². The minimum atomic E-state index is -0.541. The molecular formula is C23H23N3O4. The maximum absolute atomic E-state index is 12.4. The first-order valence-electron chi connectivity index (χ1n) is 9.50. The molecule has 3 rings (SSSR count). The number of rotatable bonds is 6. The molecule has 7 heteroatoms. The molecule has 0 saturated carbocycles. The highest BCUT2D eigenvalue weighted by Crippen LogP contribution is 2.23. The Morgan fingerprint density at radius 2 is 1.70 bits per heavy atom. The molecule has 0 fully saturated rings. The van der Waals surface area contributed by atoms with Gasteiger partial charge in [0.05, 0.1) is 11.7 Å². The summed E-state index contributed by atoms with van der Waals surface area (Å²) in [4.78, 5) is 28.6. The lowest BCUT2D eigenvalue weighted by Gasteiger charge is -2.18. The van der Waals surface area contributed by atoms with Gasteiger partial charge in [0.1, 0.15) is 11.9 Å². The zero-order valence-corrected chi connectivity index (χ0v) is 16.7. The van der Waals surface area contributed by atoms with Crippen molar-refractivity contribution in [3.63, 3.8) is 0 Å². The van der Waals surface area contributed by atoms with E-state index in [0.717, 1.165) is 11.1 Å². The van der Waals surface area contributed by atoms with Crippen LogP contribution in [0.25, 0.3) is 0 Å². The largest absolute Gasteiger partial charge is 0.506 e. The molecule has 0 radical (unpaired) electrons. The first-order valence-corrected chi connectivity index (χ1v) is 9.50. The normalized spacial score (nSPS) is 12.5. The number of ether oxygens (including phenoxy) is 1. The van der Waals surface area contributed by atoms with E-state index in [0.29, 0.717) is 11.3 Å². The molecule has 0 aliphatic rings. The van der Waals surface area contributed by atoms with Crippen molar-refractivity contribution in [2.24, 2.45) is 0 Å². The molecule has 1 heterocycles. The van der Waals surface area contributed by atoms with Gasteiger partial charge in [-0.15, -0.1) is 0 Å². The number of pyridine rings is 1. The Balaban J connectivity index is 1.56. The number of nitrogens with one attached hydrogen (secondary N) is 2. The van der Waals surface area contributed by atoms with E-state index in [1.165, 1.54) is 6.07 Å². The Hall–Kier alpha value is -3.87. The fraction of sp³-hybridized carbons (Fsp3) is 0.174. The molecule has 2 atom stereocenters. The molecule has 7 nitrogen and oxygen atoms in total. The van der Waals surface area contributed by atoms with Gasteiger partial charge in [0.2, 0.25) is 0 Å². The highest BCUT2D eigenvalue weighted by molar-refractivity contribution is 6.05. The van der Waals surface area contributed by atoms with E-state index in [1.807, 2.05) is 13.0 Å². The number of phenols is 1. The zero-order valence-electron chi connectivity index (χ0n) is 16.7. The van der Waals surface area contributed by atoms with Crippen LogP contribution in [-0.2, 0) is 4.74 Å². The van der Waals surface area contributed by atoms with E-state index < -0.39 is 12.2 Å². The SMILES string of the molecule is C[C@H](NC(=O)O[C@@H](C)c1ccc(C(=O)Nc2ccccc2O)cc1)c1cccnc1. The fourth-order valence-corrected chi connectivity index (χ4v) is 2.83. The number of nitrogens with zero attached hydrogens (tertiary/aromatic N) is 1. The molecule has 3 N–H and O–H groups in total. The number of anilines is 1. The number of carbonyl (C=O) groups is 2. The van der Waals surface area contributed by atoms with Crippen LogP contribution in [0.5, 0.6) is 5.75 Å². The number of aromatic hydroxyl groups is 1. The number of hydrogen-bond acceptors (Lipinski definition) is 5. The molecular weight excluding hydrogens is 382 g/mol. The molecule has 3 aromatic rings. The van der Waals surface area contributed by atoms with Gasteiger partial charge >= 0.3 is 6.09 Å². The summed E-state index contributed by atoms with van der Waals surface area (Å²) in [5, 5.41) is 15.2. The van der Waals surface area contributed by atoms with E-state index >= 15 is 0 Å². The predicted molar refractivity (Wildman–Crippen MR) is 113 cm³/mol. The van der Waals surface area contributed by atoms with E-state index in [1.54, 1.807) is 67.8 Å². The Morgan fingerprint density at radius 3 is 2.37 bits per heavy atom. The molecule has 2 amide bonds. The van der Waals surface area contributed by atoms with Gasteiger partial charge in [-0.3, -0.25) is 9.78 Å².